The van der Waals surface area contributed by atoms with Crippen molar-refractivity contribution in [3.05, 3.63) is 60.5 Å². The fraction of sp³-hybridized carbons (Fsp3) is 0.370. The van der Waals surface area contributed by atoms with E-state index in [0.717, 1.165) is 66.9 Å². The molecule has 190 valence electrons. The standard InChI is InChI=1S/C27H29N7O3/c1-36-27-19(3-2-8-29-27)16-33-9-4-21(5-10-33)34-17-30-24-23(18-6-11-37-12-7-18)31-25(32-26(24)34)20-13-22(35)15-28-14-20/h2-3,6,8,13-15,17,21,35H,4-5,7,9-12,16H2,1H3. The van der Waals surface area contributed by atoms with Gasteiger partial charge in [-0.3, -0.25) is 9.88 Å². The summed E-state index contributed by atoms with van der Waals surface area (Å²) in [7, 11) is 1.66. The molecule has 4 aromatic rings. The van der Waals surface area contributed by atoms with Gasteiger partial charge in [0.25, 0.3) is 0 Å². The maximum Gasteiger partial charge on any atom is 0.217 e. The first kappa shape index (κ1) is 23.5. The Labute approximate surface area is 214 Å². The number of hydrogen-bond donors (Lipinski definition) is 1. The van der Waals surface area contributed by atoms with Crippen LogP contribution in [0.25, 0.3) is 28.1 Å². The first-order valence-electron chi connectivity index (χ1n) is 12.6. The maximum atomic E-state index is 10.0. The van der Waals surface area contributed by atoms with E-state index in [1.165, 1.54) is 6.20 Å². The lowest BCUT2D eigenvalue weighted by atomic mass is 10.0. The number of likely N-dealkylation sites (tertiary alicyclic amines) is 1. The minimum absolute atomic E-state index is 0.0826. The molecule has 1 fully saturated rings. The van der Waals surface area contributed by atoms with Crippen LogP contribution >= 0.6 is 0 Å². The second kappa shape index (κ2) is 10.2. The highest BCUT2D eigenvalue weighted by Gasteiger charge is 2.26. The fourth-order valence-electron chi connectivity index (χ4n) is 5.15. The smallest absolute Gasteiger partial charge is 0.217 e. The molecule has 10 nitrogen and oxygen atoms in total. The summed E-state index contributed by atoms with van der Waals surface area (Å²) < 4.78 is 13.2. The highest BCUT2D eigenvalue weighted by Crippen LogP contribution is 2.33. The Balaban J connectivity index is 1.31. The predicted octanol–water partition coefficient (Wildman–Crippen LogP) is 3.64. The number of ether oxygens (including phenoxy) is 2. The quantitative estimate of drug-likeness (QED) is 0.425. The van der Waals surface area contributed by atoms with Gasteiger partial charge in [0, 0.05) is 49.2 Å². The molecule has 0 amide bonds. The number of aromatic nitrogens is 6. The van der Waals surface area contributed by atoms with Gasteiger partial charge in [-0.25, -0.2) is 19.9 Å². The van der Waals surface area contributed by atoms with Gasteiger partial charge in [0.05, 0.1) is 38.5 Å². The summed E-state index contributed by atoms with van der Waals surface area (Å²) in [5, 5.41) is 10.0. The van der Waals surface area contributed by atoms with Crippen LogP contribution in [0.15, 0.2) is 49.2 Å². The molecule has 1 saturated heterocycles. The Morgan fingerprint density at radius 1 is 1.16 bits per heavy atom. The van der Waals surface area contributed by atoms with Crippen molar-refractivity contribution in [2.24, 2.45) is 0 Å². The summed E-state index contributed by atoms with van der Waals surface area (Å²) in [6, 6.07) is 5.94. The molecule has 1 N–H and O–H groups in total. The van der Waals surface area contributed by atoms with E-state index in [9.17, 15) is 5.11 Å². The van der Waals surface area contributed by atoms with Crippen molar-refractivity contribution in [1.29, 1.82) is 0 Å². The number of piperidine rings is 1. The minimum Gasteiger partial charge on any atom is -0.506 e. The molecule has 0 aromatic carbocycles. The SMILES string of the molecule is COc1ncccc1CN1CCC(n2cnc3c(C4=CCOCC4)nc(-c4cncc(O)c4)nc32)CC1. The van der Waals surface area contributed by atoms with Crippen LogP contribution in [-0.4, -0.2) is 72.9 Å². The Bertz CT molecular complexity index is 1440. The van der Waals surface area contributed by atoms with Crippen LogP contribution in [0.1, 0.15) is 36.6 Å². The van der Waals surface area contributed by atoms with E-state index in [2.05, 4.69) is 31.6 Å². The average Bonchev–Trinajstić information content (AvgIpc) is 3.38. The summed E-state index contributed by atoms with van der Waals surface area (Å²) in [5.41, 5.74) is 5.31. The molecule has 6 heterocycles. The van der Waals surface area contributed by atoms with E-state index in [0.29, 0.717) is 30.5 Å². The van der Waals surface area contributed by atoms with Gasteiger partial charge in [0.1, 0.15) is 11.3 Å². The molecule has 6 rings (SSSR count). The molecule has 2 aliphatic rings. The topological polar surface area (TPSA) is 111 Å². The van der Waals surface area contributed by atoms with Gasteiger partial charge in [-0.05, 0) is 37.0 Å². The Kier molecular flexibility index (Phi) is 6.50. The third-order valence-corrected chi connectivity index (χ3v) is 7.06. The molecular weight excluding hydrogens is 470 g/mol. The Hall–Kier alpha value is -3.89. The molecule has 0 radical (unpaired) electrons. The van der Waals surface area contributed by atoms with Crippen LogP contribution in [0.2, 0.25) is 0 Å². The van der Waals surface area contributed by atoms with Crippen LogP contribution in [0.5, 0.6) is 11.6 Å². The fourth-order valence-corrected chi connectivity index (χ4v) is 5.15. The molecule has 0 unspecified atom stereocenters. The molecule has 4 aromatic heterocycles. The summed E-state index contributed by atoms with van der Waals surface area (Å²) in [4.78, 5) is 25.5. The van der Waals surface area contributed by atoms with Crippen molar-refractivity contribution in [1.82, 2.24) is 34.4 Å². The van der Waals surface area contributed by atoms with Crippen molar-refractivity contribution in [2.75, 3.05) is 33.4 Å². The third-order valence-electron chi connectivity index (χ3n) is 7.06. The largest absolute Gasteiger partial charge is 0.506 e. The second-order valence-electron chi connectivity index (χ2n) is 9.39. The summed E-state index contributed by atoms with van der Waals surface area (Å²) in [5.74, 6) is 1.30. The van der Waals surface area contributed by atoms with Crippen molar-refractivity contribution in [2.45, 2.75) is 31.8 Å². The van der Waals surface area contributed by atoms with Crippen LogP contribution < -0.4 is 4.74 Å². The molecule has 2 aliphatic heterocycles. The number of fused-ring (bicyclic) bond motifs is 1. The van der Waals surface area contributed by atoms with Gasteiger partial charge in [0.2, 0.25) is 5.88 Å². The first-order valence-corrected chi connectivity index (χ1v) is 12.6. The van der Waals surface area contributed by atoms with E-state index in [1.54, 1.807) is 25.6 Å². The van der Waals surface area contributed by atoms with Crippen molar-refractivity contribution in [3.63, 3.8) is 0 Å². The number of rotatable bonds is 6. The van der Waals surface area contributed by atoms with Gasteiger partial charge < -0.3 is 19.1 Å². The number of hydrogen-bond acceptors (Lipinski definition) is 9. The van der Waals surface area contributed by atoms with Gasteiger partial charge in [-0.15, -0.1) is 0 Å². The van der Waals surface area contributed by atoms with Crippen LogP contribution in [-0.2, 0) is 11.3 Å². The lowest BCUT2D eigenvalue weighted by Gasteiger charge is -2.32. The maximum absolute atomic E-state index is 10.0. The van der Waals surface area contributed by atoms with E-state index in [-0.39, 0.29) is 11.8 Å². The lowest BCUT2D eigenvalue weighted by molar-refractivity contribution is 0.161. The number of methoxy groups -OCH3 is 1. The number of aromatic hydroxyl groups is 1. The molecule has 37 heavy (non-hydrogen) atoms. The van der Waals surface area contributed by atoms with E-state index < -0.39 is 0 Å². The third kappa shape index (κ3) is 4.77. The van der Waals surface area contributed by atoms with Crippen LogP contribution in [0, 0.1) is 0 Å². The zero-order valence-corrected chi connectivity index (χ0v) is 20.7. The van der Waals surface area contributed by atoms with Gasteiger partial charge in [-0.1, -0.05) is 12.1 Å². The molecule has 0 saturated carbocycles. The van der Waals surface area contributed by atoms with Crippen molar-refractivity contribution in [3.8, 4) is 23.0 Å². The lowest BCUT2D eigenvalue weighted by Crippen LogP contribution is -2.34. The molecular formula is C27H29N7O3. The van der Waals surface area contributed by atoms with Gasteiger partial charge in [-0.2, -0.15) is 0 Å². The second-order valence-corrected chi connectivity index (χ2v) is 9.39. The normalized spacial score (nSPS) is 17.2. The van der Waals surface area contributed by atoms with Crippen molar-refractivity contribution < 1.29 is 14.6 Å². The van der Waals surface area contributed by atoms with Crippen molar-refractivity contribution >= 4 is 16.7 Å². The Morgan fingerprint density at radius 3 is 2.84 bits per heavy atom. The minimum atomic E-state index is 0.0826. The molecule has 0 aliphatic carbocycles. The number of imidazole rings is 1. The summed E-state index contributed by atoms with van der Waals surface area (Å²) in [6.45, 7) is 3.93. The molecule has 0 atom stereocenters. The number of pyridine rings is 2. The first-order chi connectivity index (χ1) is 18.2. The van der Waals surface area contributed by atoms with Crippen LogP contribution in [0.3, 0.4) is 0 Å². The molecule has 10 heteroatoms. The van der Waals surface area contributed by atoms with Gasteiger partial charge in [0.15, 0.2) is 11.5 Å². The highest BCUT2D eigenvalue weighted by molar-refractivity contribution is 5.87. The molecule has 0 bridgehead atoms. The predicted molar refractivity (Wildman–Crippen MR) is 138 cm³/mol. The molecule has 0 spiro atoms. The average molecular weight is 500 g/mol. The Morgan fingerprint density at radius 2 is 2.05 bits per heavy atom. The summed E-state index contributed by atoms with van der Waals surface area (Å²) in [6.07, 6.45) is 11.5. The number of nitrogens with zero attached hydrogens (tertiary/aromatic N) is 7. The van der Waals surface area contributed by atoms with Gasteiger partial charge >= 0.3 is 0 Å². The monoisotopic (exact) mass is 499 g/mol. The zero-order chi connectivity index (χ0) is 25.2. The van der Waals surface area contributed by atoms with Crippen LogP contribution in [0.4, 0.5) is 0 Å². The van der Waals surface area contributed by atoms with E-state index in [1.807, 2.05) is 12.4 Å². The van der Waals surface area contributed by atoms with E-state index >= 15 is 0 Å². The summed E-state index contributed by atoms with van der Waals surface area (Å²) >= 11 is 0. The van der Waals surface area contributed by atoms with E-state index in [4.69, 9.17) is 24.4 Å². The zero-order valence-electron chi connectivity index (χ0n) is 20.7. The highest BCUT2D eigenvalue weighted by atomic mass is 16.5.